The monoisotopic (exact) mass is 332 g/mol. The molecule has 0 radical (unpaired) electrons. The summed E-state index contributed by atoms with van der Waals surface area (Å²) in [5.41, 5.74) is 5.40. The van der Waals surface area contributed by atoms with Crippen molar-refractivity contribution in [2.75, 3.05) is 12.3 Å². The summed E-state index contributed by atoms with van der Waals surface area (Å²) in [5.74, 6) is -0.522. The Morgan fingerprint density at radius 1 is 1.30 bits per heavy atom. The van der Waals surface area contributed by atoms with Crippen molar-refractivity contribution >= 4 is 27.2 Å². The molecule has 4 nitrogen and oxygen atoms in total. The van der Waals surface area contributed by atoms with Crippen LogP contribution in [0.1, 0.15) is 38.5 Å². The number of nitrogens with zero attached hydrogens (tertiary/aromatic N) is 1. The number of hydrogen-bond donors (Lipinski definition) is 1. The molecule has 0 spiro atoms. The molecule has 2 N–H and O–H groups in total. The molecule has 1 aliphatic carbocycles. The molecule has 0 atom stereocenters. The van der Waals surface area contributed by atoms with Crippen molar-refractivity contribution in [2.45, 2.75) is 50.7 Å². The summed E-state index contributed by atoms with van der Waals surface area (Å²) in [6.07, 6.45) is -2.63. The molecule has 1 rings (SSSR count). The van der Waals surface area contributed by atoms with E-state index in [0.29, 0.717) is 12.8 Å². The predicted octanol–water partition coefficient (Wildman–Crippen LogP) is 2.19. The van der Waals surface area contributed by atoms with Crippen LogP contribution in [0.4, 0.5) is 13.2 Å². The average molecular weight is 332 g/mol. The van der Waals surface area contributed by atoms with Crippen molar-refractivity contribution in [2.24, 2.45) is 5.73 Å². The smallest absolute Gasteiger partial charge is 0.389 e. The van der Waals surface area contributed by atoms with Crippen LogP contribution in [0.5, 0.6) is 0 Å². The van der Waals surface area contributed by atoms with E-state index in [0.717, 1.165) is 12.8 Å². The molecule has 0 aromatic rings. The highest BCUT2D eigenvalue weighted by Gasteiger charge is 2.33. The normalized spacial score (nSPS) is 17.8. The average Bonchev–Trinajstić information content (AvgIpc) is 2.76. The number of hydrogen-bond acceptors (Lipinski definition) is 3. The van der Waals surface area contributed by atoms with Crippen LogP contribution in [0.3, 0.4) is 0 Å². The first-order valence-corrected chi connectivity index (χ1v) is 8.48. The highest BCUT2D eigenvalue weighted by Crippen LogP contribution is 2.27. The van der Waals surface area contributed by atoms with Gasteiger partial charge in [0.2, 0.25) is 10.0 Å². The van der Waals surface area contributed by atoms with Gasteiger partial charge in [-0.3, -0.25) is 0 Å². The van der Waals surface area contributed by atoms with E-state index in [1.165, 1.54) is 4.31 Å². The summed E-state index contributed by atoms with van der Waals surface area (Å²) < 4.78 is 61.8. The molecule has 0 amide bonds. The molecule has 0 bridgehead atoms. The van der Waals surface area contributed by atoms with Gasteiger partial charge < -0.3 is 5.73 Å². The summed E-state index contributed by atoms with van der Waals surface area (Å²) >= 11 is 4.74. The lowest BCUT2D eigenvalue weighted by Gasteiger charge is -2.27. The Hall–Kier alpha value is -0.410. The number of halogens is 3. The molecule has 118 valence electrons. The van der Waals surface area contributed by atoms with Gasteiger partial charge in [0.25, 0.3) is 0 Å². The molecule has 0 aromatic carbocycles. The van der Waals surface area contributed by atoms with E-state index in [1.54, 1.807) is 0 Å². The maximum atomic E-state index is 12.2. The van der Waals surface area contributed by atoms with E-state index in [-0.39, 0.29) is 17.6 Å². The Morgan fingerprint density at radius 3 is 2.30 bits per heavy atom. The highest BCUT2D eigenvalue weighted by atomic mass is 32.2. The number of thiocarbonyl (C=S) groups is 1. The van der Waals surface area contributed by atoms with Gasteiger partial charge in [0.05, 0.1) is 17.3 Å². The summed E-state index contributed by atoms with van der Waals surface area (Å²) in [7, 11) is -3.76. The van der Waals surface area contributed by atoms with Crippen molar-refractivity contribution < 1.29 is 21.6 Å². The molecule has 1 aliphatic rings. The minimum atomic E-state index is -4.34. The van der Waals surface area contributed by atoms with Crippen LogP contribution < -0.4 is 5.73 Å². The largest absolute Gasteiger partial charge is 0.392 e. The van der Waals surface area contributed by atoms with Crippen molar-refractivity contribution in [1.29, 1.82) is 0 Å². The lowest BCUT2D eigenvalue weighted by atomic mass is 10.2. The third-order valence-corrected chi connectivity index (χ3v) is 5.34. The van der Waals surface area contributed by atoms with Gasteiger partial charge >= 0.3 is 6.18 Å². The summed E-state index contributed by atoms with van der Waals surface area (Å²) in [4.78, 5) is 0.0382. The van der Waals surface area contributed by atoms with Gasteiger partial charge in [0, 0.05) is 12.5 Å². The Morgan fingerprint density at radius 2 is 1.85 bits per heavy atom. The minimum absolute atomic E-state index is 0.0382. The number of nitrogens with two attached hydrogens (primary N) is 1. The molecule has 0 aromatic heterocycles. The van der Waals surface area contributed by atoms with Gasteiger partial charge in [-0.25, -0.2) is 8.42 Å². The van der Waals surface area contributed by atoms with Gasteiger partial charge in [-0.15, -0.1) is 0 Å². The fourth-order valence-electron chi connectivity index (χ4n) is 2.37. The lowest BCUT2D eigenvalue weighted by Crippen LogP contribution is -2.44. The van der Waals surface area contributed by atoms with E-state index in [2.05, 4.69) is 0 Å². The first-order chi connectivity index (χ1) is 9.12. The van der Waals surface area contributed by atoms with Crippen LogP contribution in [0.25, 0.3) is 0 Å². The second-order valence-corrected chi connectivity index (χ2v) is 7.55. The molecular weight excluding hydrogens is 313 g/mol. The van der Waals surface area contributed by atoms with Crippen LogP contribution >= 0.6 is 12.2 Å². The van der Waals surface area contributed by atoms with E-state index in [1.807, 2.05) is 0 Å². The Kier molecular flexibility index (Phi) is 6.21. The third kappa shape index (κ3) is 5.92. The second-order valence-electron chi connectivity index (χ2n) is 4.98. The van der Waals surface area contributed by atoms with Crippen molar-refractivity contribution in [3.05, 3.63) is 0 Å². The van der Waals surface area contributed by atoms with Crippen LogP contribution in [0, 0.1) is 0 Å². The summed E-state index contributed by atoms with van der Waals surface area (Å²) in [6, 6.07) is -0.188. The Bertz CT molecular complexity index is 431. The minimum Gasteiger partial charge on any atom is -0.392 e. The molecule has 0 unspecified atom stereocenters. The van der Waals surface area contributed by atoms with Gasteiger partial charge in [-0.05, 0) is 19.3 Å². The molecule has 20 heavy (non-hydrogen) atoms. The molecule has 1 fully saturated rings. The third-order valence-electron chi connectivity index (χ3n) is 3.26. The second kappa shape index (κ2) is 7.04. The zero-order valence-corrected chi connectivity index (χ0v) is 12.7. The quantitative estimate of drug-likeness (QED) is 0.726. The Labute approximate surface area is 122 Å². The maximum absolute atomic E-state index is 12.2. The molecular formula is C11H19F3N2O2S2. The standard InChI is InChI=1S/C11H19F3N2O2S2/c12-11(13,14)6-3-7-20(17,18)16(8-10(15)19)9-4-1-2-5-9/h9H,1-8H2,(H2,15,19). The SMILES string of the molecule is NC(=S)CN(C1CCCC1)S(=O)(=O)CCCC(F)(F)F. The summed E-state index contributed by atoms with van der Waals surface area (Å²) in [5, 5.41) is 0. The van der Waals surface area contributed by atoms with E-state index in [4.69, 9.17) is 18.0 Å². The Balaban J connectivity index is 2.69. The number of alkyl halides is 3. The summed E-state index contributed by atoms with van der Waals surface area (Å²) in [6.45, 7) is -0.0889. The first-order valence-electron chi connectivity index (χ1n) is 6.46. The van der Waals surface area contributed by atoms with E-state index in [9.17, 15) is 21.6 Å². The zero-order chi connectivity index (χ0) is 15.4. The molecule has 1 saturated carbocycles. The van der Waals surface area contributed by atoms with E-state index < -0.39 is 34.8 Å². The van der Waals surface area contributed by atoms with Crippen LogP contribution in [0.15, 0.2) is 0 Å². The van der Waals surface area contributed by atoms with E-state index >= 15 is 0 Å². The van der Waals surface area contributed by atoms with Crippen molar-refractivity contribution in [3.8, 4) is 0 Å². The molecule has 0 aliphatic heterocycles. The molecule has 0 saturated heterocycles. The van der Waals surface area contributed by atoms with Gasteiger partial charge in [0.1, 0.15) is 0 Å². The van der Waals surface area contributed by atoms with Crippen LogP contribution in [-0.4, -0.2) is 42.2 Å². The van der Waals surface area contributed by atoms with Gasteiger partial charge in [-0.2, -0.15) is 17.5 Å². The number of rotatable bonds is 7. The van der Waals surface area contributed by atoms with Crippen molar-refractivity contribution in [3.63, 3.8) is 0 Å². The van der Waals surface area contributed by atoms with Gasteiger partial charge in [0.15, 0.2) is 0 Å². The maximum Gasteiger partial charge on any atom is 0.389 e. The fraction of sp³-hybridized carbons (Fsp3) is 0.909. The highest BCUT2D eigenvalue weighted by molar-refractivity contribution is 7.89. The predicted molar refractivity (Wildman–Crippen MR) is 74.8 cm³/mol. The lowest BCUT2D eigenvalue weighted by molar-refractivity contribution is -0.134. The topological polar surface area (TPSA) is 63.4 Å². The first kappa shape index (κ1) is 17.6. The number of sulfonamides is 1. The molecule has 9 heteroatoms. The fourth-order valence-corrected chi connectivity index (χ4v) is 4.34. The van der Waals surface area contributed by atoms with Crippen LogP contribution in [-0.2, 0) is 10.0 Å². The zero-order valence-electron chi connectivity index (χ0n) is 11.0. The van der Waals surface area contributed by atoms with Gasteiger partial charge in [-0.1, -0.05) is 25.1 Å². The molecule has 0 heterocycles. The van der Waals surface area contributed by atoms with Crippen molar-refractivity contribution in [1.82, 2.24) is 4.31 Å². The van der Waals surface area contributed by atoms with Crippen LogP contribution in [0.2, 0.25) is 0 Å².